The summed E-state index contributed by atoms with van der Waals surface area (Å²) in [6, 6.07) is 7.82. The van der Waals surface area contributed by atoms with Crippen LogP contribution in [0.15, 0.2) is 24.3 Å². The Morgan fingerprint density at radius 1 is 1.43 bits per heavy atom. The number of rotatable bonds is 10. The van der Waals surface area contributed by atoms with Crippen molar-refractivity contribution in [1.82, 2.24) is 5.32 Å². The van der Waals surface area contributed by atoms with E-state index in [-0.39, 0.29) is 12.0 Å². The Balaban J connectivity index is 1.49. The molecule has 0 spiro atoms. The lowest BCUT2D eigenvalue weighted by molar-refractivity contribution is -0.121. The van der Waals surface area contributed by atoms with Gasteiger partial charge < -0.3 is 19.5 Å². The van der Waals surface area contributed by atoms with E-state index in [0.29, 0.717) is 26.2 Å². The van der Waals surface area contributed by atoms with E-state index < -0.39 is 0 Å². The van der Waals surface area contributed by atoms with Crippen LogP contribution in [0.1, 0.15) is 31.2 Å². The maximum Gasteiger partial charge on any atom is 0.220 e. The molecule has 1 aromatic rings. The van der Waals surface area contributed by atoms with Gasteiger partial charge in [0, 0.05) is 26.2 Å². The van der Waals surface area contributed by atoms with Crippen molar-refractivity contribution in [3.8, 4) is 5.75 Å². The lowest BCUT2D eigenvalue weighted by Crippen LogP contribution is -2.26. The minimum Gasteiger partial charge on any atom is -0.497 e. The number of aryl methyl sites for hydroxylation is 1. The monoisotopic (exact) mass is 321 g/mol. The Hall–Kier alpha value is -1.59. The summed E-state index contributed by atoms with van der Waals surface area (Å²) in [5.41, 5.74) is 1.11. The molecule has 5 heteroatoms. The van der Waals surface area contributed by atoms with Gasteiger partial charge in [-0.15, -0.1) is 0 Å². The van der Waals surface area contributed by atoms with Crippen LogP contribution in [0, 0.1) is 0 Å². The van der Waals surface area contributed by atoms with Gasteiger partial charge in [-0.25, -0.2) is 0 Å². The molecule has 128 valence electrons. The lowest BCUT2D eigenvalue weighted by Gasteiger charge is -2.10. The van der Waals surface area contributed by atoms with Crippen LogP contribution in [0.25, 0.3) is 0 Å². The van der Waals surface area contributed by atoms with Gasteiger partial charge in [0.2, 0.25) is 5.91 Å². The Kier molecular flexibility index (Phi) is 7.90. The van der Waals surface area contributed by atoms with Gasteiger partial charge in [-0.1, -0.05) is 12.1 Å². The smallest absolute Gasteiger partial charge is 0.220 e. The molecule has 1 N–H and O–H groups in total. The minimum atomic E-state index is 0.0759. The molecule has 0 radical (unpaired) electrons. The van der Waals surface area contributed by atoms with E-state index in [1.165, 1.54) is 0 Å². The molecular weight excluding hydrogens is 294 g/mol. The van der Waals surface area contributed by atoms with Crippen LogP contribution in [0.2, 0.25) is 0 Å². The Morgan fingerprint density at radius 2 is 2.35 bits per heavy atom. The van der Waals surface area contributed by atoms with Crippen LogP contribution in [0.4, 0.5) is 0 Å². The van der Waals surface area contributed by atoms with Crippen LogP contribution in [0.5, 0.6) is 5.75 Å². The molecule has 1 unspecified atom stereocenters. The molecule has 1 fully saturated rings. The third-order valence-electron chi connectivity index (χ3n) is 3.89. The summed E-state index contributed by atoms with van der Waals surface area (Å²) in [5.74, 6) is 0.901. The number of carbonyl (C=O) groups is 1. The maximum absolute atomic E-state index is 11.8. The number of methoxy groups -OCH3 is 1. The van der Waals surface area contributed by atoms with Crippen LogP contribution < -0.4 is 10.1 Å². The predicted molar refractivity (Wildman–Crippen MR) is 88.7 cm³/mol. The highest BCUT2D eigenvalue weighted by Gasteiger charge is 2.14. The fraction of sp³-hybridized carbons (Fsp3) is 0.611. The summed E-state index contributed by atoms with van der Waals surface area (Å²) < 4.78 is 16.2. The van der Waals surface area contributed by atoms with Crippen LogP contribution >= 0.6 is 0 Å². The summed E-state index contributed by atoms with van der Waals surface area (Å²) >= 11 is 0. The zero-order valence-electron chi connectivity index (χ0n) is 13.9. The predicted octanol–water partition coefficient (Wildman–Crippen LogP) is 2.33. The van der Waals surface area contributed by atoms with Gasteiger partial charge in [-0.05, 0) is 43.4 Å². The second-order valence-corrected chi connectivity index (χ2v) is 5.76. The van der Waals surface area contributed by atoms with Crippen molar-refractivity contribution < 1.29 is 19.0 Å². The second-order valence-electron chi connectivity index (χ2n) is 5.76. The van der Waals surface area contributed by atoms with Crippen molar-refractivity contribution in [2.45, 2.75) is 38.2 Å². The normalized spacial score (nSPS) is 17.2. The molecule has 1 saturated heterocycles. The van der Waals surface area contributed by atoms with Crippen molar-refractivity contribution in [2.75, 3.05) is 33.5 Å². The van der Waals surface area contributed by atoms with Gasteiger partial charge >= 0.3 is 0 Å². The largest absolute Gasteiger partial charge is 0.497 e. The summed E-state index contributed by atoms with van der Waals surface area (Å²) in [5, 5.41) is 2.93. The molecule has 1 aromatic carbocycles. The topological polar surface area (TPSA) is 56.8 Å². The average Bonchev–Trinajstić information content (AvgIpc) is 3.09. The number of hydrogen-bond acceptors (Lipinski definition) is 4. The minimum absolute atomic E-state index is 0.0759. The number of nitrogens with one attached hydrogen (secondary N) is 1. The highest BCUT2D eigenvalue weighted by molar-refractivity contribution is 5.76. The average molecular weight is 321 g/mol. The van der Waals surface area contributed by atoms with Crippen molar-refractivity contribution >= 4 is 5.91 Å². The number of hydrogen-bond donors (Lipinski definition) is 1. The third-order valence-corrected chi connectivity index (χ3v) is 3.89. The van der Waals surface area contributed by atoms with E-state index in [2.05, 4.69) is 5.32 Å². The molecule has 0 saturated carbocycles. The molecule has 0 aromatic heterocycles. The van der Waals surface area contributed by atoms with Gasteiger partial charge in [0.15, 0.2) is 0 Å². The summed E-state index contributed by atoms with van der Waals surface area (Å²) in [4.78, 5) is 11.8. The maximum atomic E-state index is 11.8. The molecule has 5 nitrogen and oxygen atoms in total. The van der Waals surface area contributed by atoms with E-state index in [1.54, 1.807) is 7.11 Å². The van der Waals surface area contributed by atoms with Gasteiger partial charge in [0.1, 0.15) is 5.75 Å². The lowest BCUT2D eigenvalue weighted by atomic mass is 10.1. The summed E-state index contributed by atoms with van der Waals surface area (Å²) in [7, 11) is 1.65. The highest BCUT2D eigenvalue weighted by atomic mass is 16.5. The third kappa shape index (κ3) is 7.01. The Morgan fingerprint density at radius 3 is 3.13 bits per heavy atom. The molecule has 2 rings (SSSR count). The number of amides is 1. The molecule has 1 atom stereocenters. The number of benzene rings is 1. The van der Waals surface area contributed by atoms with Crippen molar-refractivity contribution in [2.24, 2.45) is 0 Å². The first-order valence-electron chi connectivity index (χ1n) is 8.37. The molecular formula is C18H27NO4. The van der Waals surface area contributed by atoms with E-state index in [4.69, 9.17) is 14.2 Å². The van der Waals surface area contributed by atoms with E-state index in [1.807, 2.05) is 24.3 Å². The highest BCUT2D eigenvalue weighted by Crippen LogP contribution is 2.14. The van der Waals surface area contributed by atoms with Crippen molar-refractivity contribution in [1.29, 1.82) is 0 Å². The molecule has 1 aliphatic rings. The van der Waals surface area contributed by atoms with E-state index in [9.17, 15) is 4.79 Å². The van der Waals surface area contributed by atoms with E-state index in [0.717, 1.165) is 43.6 Å². The van der Waals surface area contributed by atoms with Gasteiger partial charge in [-0.3, -0.25) is 4.79 Å². The zero-order valence-corrected chi connectivity index (χ0v) is 13.9. The first kappa shape index (κ1) is 17.8. The SMILES string of the molecule is COc1cccc(CCC(=O)NCCCOCC2CCCO2)c1. The quantitative estimate of drug-likeness (QED) is 0.672. The standard InChI is InChI=1S/C18H27NO4/c1-21-16-6-2-5-15(13-16)8-9-18(20)19-10-4-11-22-14-17-7-3-12-23-17/h2,5-6,13,17H,3-4,7-12,14H2,1H3,(H,19,20). The Labute approximate surface area is 138 Å². The van der Waals surface area contributed by atoms with Crippen LogP contribution in [-0.4, -0.2) is 45.5 Å². The molecule has 1 amide bonds. The van der Waals surface area contributed by atoms with Gasteiger partial charge in [0.05, 0.1) is 19.8 Å². The second kappa shape index (κ2) is 10.2. The Bertz CT molecular complexity index is 472. The molecule has 0 bridgehead atoms. The van der Waals surface area contributed by atoms with Gasteiger partial charge in [-0.2, -0.15) is 0 Å². The van der Waals surface area contributed by atoms with Gasteiger partial charge in [0.25, 0.3) is 0 Å². The molecule has 0 aliphatic carbocycles. The number of carbonyl (C=O) groups excluding carboxylic acids is 1. The van der Waals surface area contributed by atoms with Crippen LogP contribution in [-0.2, 0) is 20.7 Å². The first-order chi connectivity index (χ1) is 11.3. The molecule has 1 heterocycles. The molecule has 1 aliphatic heterocycles. The van der Waals surface area contributed by atoms with E-state index >= 15 is 0 Å². The van der Waals surface area contributed by atoms with Crippen molar-refractivity contribution in [3.05, 3.63) is 29.8 Å². The molecule has 23 heavy (non-hydrogen) atoms. The zero-order chi connectivity index (χ0) is 16.3. The van der Waals surface area contributed by atoms with Crippen molar-refractivity contribution in [3.63, 3.8) is 0 Å². The van der Waals surface area contributed by atoms with Crippen LogP contribution in [0.3, 0.4) is 0 Å². The fourth-order valence-electron chi connectivity index (χ4n) is 2.57. The number of ether oxygens (including phenoxy) is 3. The summed E-state index contributed by atoms with van der Waals surface area (Å²) in [6.45, 7) is 2.85. The first-order valence-corrected chi connectivity index (χ1v) is 8.37. The summed E-state index contributed by atoms with van der Waals surface area (Å²) in [6.07, 6.45) is 4.55. The fourth-order valence-corrected chi connectivity index (χ4v) is 2.57.